The number of hydrazone groups is 1. The number of carbonyl (C=O) groups is 2. The average molecular weight is 428 g/mol. The van der Waals surface area contributed by atoms with Crippen LogP contribution in [-0.4, -0.2) is 66.5 Å². The molecule has 1 aliphatic rings. The summed E-state index contributed by atoms with van der Waals surface area (Å²) in [7, 11) is 6.71. The number of aromatic nitrogens is 1. The third kappa shape index (κ3) is 4.65. The lowest BCUT2D eigenvalue weighted by atomic mass is 9.99. The third-order valence-corrected chi connectivity index (χ3v) is 5.25. The minimum absolute atomic E-state index is 0.0987. The number of urea groups is 1. The number of rotatable bonds is 7. The van der Waals surface area contributed by atoms with Crippen molar-refractivity contribution in [3.63, 3.8) is 0 Å². The van der Waals surface area contributed by atoms with Gasteiger partial charge in [0.05, 0.1) is 31.7 Å². The van der Waals surface area contributed by atoms with E-state index in [1.807, 2.05) is 55.1 Å². The second kappa shape index (κ2) is 9.55. The molecule has 0 saturated carbocycles. The highest BCUT2D eigenvalue weighted by molar-refractivity contribution is 6.02. The number of hydrogen-bond donors (Lipinski definition) is 1. The molecule has 0 saturated heterocycles. The second-order valence-corrected chi connectivity index (χ2v) is 7.31. The molecule has 0 spiro atoms. The summed E-state index contributed by atoms with van der Waals surface area (Å²) >= 11 is 0. The third-order valence-electron chi connectivity index (χ3n) is 5.25. The molecule has 0 bridgehead atoms. The summed E-state index contributed by atoms with van der Waals surface area (Å²) in [5.74, 6) is 1.02. The summed E-state index contributed by atoms with van der Waals surface area (Å²) in [6.45, 7) is 2.22. The van der Waals surface area contributed by atoms with Crippen LogP contribution in [0.1, 0.15) is 30.6 Å². The van der Waals surface area contributed by atoms with E-state index in [0.717, 1.165) is 17.0 Å². The summed E-state index contributed by atoms with van der Waals surface area (Å²) < 4.78 is 12.9. The topological polar surface area (TPSA) is 88.4 Å². The Morgan fingerprint density at radius 3 is 2.65 bits per heavy atom. The molecule has 3 amide bonds. The Labute approximate surface area is 182 Å². The van der Waals surface area contributed by atoms with Crippen LogP contribution in [0.2, 0.25) is 0 Å². The van der Waals surface area contributed by atoms with Crippen LogP contribution >= 0.6 is 0 Å². The van der Waals surface area contributed by atoms with Crippen LogP contribution in [0.5, 0.6) is 11.5 Å². The number of benzene rings is 1. The van der Waals surface area contributed by atoms with Gasteiger partial charge in [-0.3, -0.25) is 4.79 Å². The van der Waals surface area contributed by atoms with Crippen molar-refractivity contribution in [1.29, 1.82) is 0 Å². The maximum absolute atomic E-state index is 13.2. The van der Waals surface area contributed by atoms with Crippen molar-refractivity contribution in [3.8, 4) is 11.5 Å². The molecule has 2 aromatic rings. The van der Waals surface area contributed by atoms with Gasteiger partial charge in [0.2, 0.25) is 0 Å². The maximum atomic E-state index is 13.2. The van der Waals surface area contributed by atoms with Crippen molar-refractivity contribution in [3.05, 3.63) is 47.8 Å². The van der Waals surface area contributed by atoms with Crippen molar-refractivity contribution in [1.82, 2.24) is 19.8 Å². The number of carbonyl (C=O) groups excluding carboxylic acids is 2. The van der Waals surface area contributed by atoms with E-state index < -0.39 is 0 Å². The summed E-state index contributed by atoms with van der Waals surface area (Å²) in [4.78, 5) is 26.7. The van der Waals surface area contributed by atoms with Gasteiger partial charge in [0.25, 0.3) is 5.91 Å². The van der Waals surface area contributed by atoms with Gasteiger partial charge in [0, 0.05) is 38.8 Å². The fourth-order valence-electron chi connectivity index (χ4n) is 3.63. The highest BCUT2D eigenvalue weighted by Crippen LogP contribution is 2.39. The van der Waals surface area contributed by atoms with E-state index in [9.17, 15) is 9.59 Å². The zero-order valence-corrected chi connectivity index (χ0v) is 18.6. The number of methoxy groups -OCH3 is 2. The zero-order chi connectivity index (χ0) is 22.5. The van der Waals surface area contributed by atoms with Crippen LogP contribution in [0, 0.1) is 0 Å². The number of aryl methyl sites for hydroxylation is 1. The quantitative estimate of drug-likeness (QED) is 0.735. The van der Waals surface area contributed by atoms with E-state index in [-0.39, 0.29) is 24.5 Å². The molecule has 1 atom stereocenters. The maximum Gasteiger partial charge on any atom is 0.317 e. The van der Waals surface area contributed by atoms with E-state index in [4.69, 9.17) is 9.47 Å². The van der Waals surface area contributed by atoms with Gasteiger partial charge in [-0.25, -0.2) is 9.80 Å². The summed E-state index contributed by atoms with van der Waals surface area (Å²) in [6, 6.07) is 8.70. The molecule has 1 aromatic heterocycles. The Bertz CT molecular complexity index is 984. The highest BCUT2D eigenvalue weighted by atomic mass is 16.5. The fraction of sp³-hybridized carbons (Fsp3) is 0.409. The van der Waals surface area contributed by atoms with Gasteiger partial charge in [-0.05, 0) is 37.3 Å². The molecule has 0 fully saturated rings. The van der Waals surface area contributed by atoms with E-state index in [0.29, 0.717) is 24.5 Å². The van der Waals surface area contributed by atoms with Crippen LogP contribution in [0.3, 0.4) is 0 Å². The molecule has 1 aliphatic heterocycles. The van der Waals surface area contributed by atoms with E-state index in [1.54, 1.807) is 21.3 Å². The minimum Gasteiger partial charge on any atom is -0.497 e. The summed E-state index contributed by atoms with van der Waals surface area (Å²) in [6.07, 6.45) is 2.45. The molecular formula is C22H29N5O4. The molecule has 1 aromatic carbocycles. The van der Waals surface area contributed by atoms with E-state index in [2.05, 4.69) is 10.4 Å². The Balaban J connectivity index is 1.97. The summed E-state index contributed by atoms with van der Waals surface area (Å²) in [5, 5.41) is 8.81. The van der Waals surface area contributed by atoms with E-state index in [1.165, 1.54) is 9.91 Å². The number of likely N-dealkylation sites (N-methyl/N-ethyl adjacent to an activating group) is 1. The lowest BCUT2D eigenvalue weighted by molar-refractivity contribution is -0.133. The first-order chi connectivity index (χ1) is 14.9. The first-order valence-corrected chi connectivity index (χ1v) is 10.1. The fourth-order valence-corrected chi connectivity index (χ4v) is 3.63. The minimum atomic E-state index is -0.384. The van der Waals surface area contributed by atoms with Crippen LogP contribution in [0.15, 0.2) is 41.6 Å². The predicted molar refractivity (Wildman–Crippen MR) is 117 cm³/mol. The van der Waals surface area contributed by atoms with Crippen molar-refractivity contribution >= 4 is 17.6 Å². The van der Waals surface area contributed by atoms with Crippen LogP contribution in [0.25, 0.3) is 0 Å². The van der Waals surface area contributed by atoms with Gasteiger partial charge in [-0.2, -0.15) is 5.10 Å². The Kier molecular flexibility index (Phi) is 6.84. The second-order valence-electron chi connectivity index (χ2n) is 7.31. The Morgan fingerprint density at radius 2 is 2.03 bits per heavy atom. The molecular weight excluding hydrogens is 398 g/mol. The molecule has 3 rings (SSSR count). The molecule has 166 valence electrons. The average Bonchev–Trinajstić information content (AvgIpc) is 3.39. The number of amides is 3. The van der Waals surface area contributed by atoms with Crippen molar-refractivity contribution < 1.29 is 19.1 Å². The number of ether oxygens (including phenoxy) is 2. The smallest absolute Gasteiger partial charge is 0.317 e. The zero-order valence-electron chi connectivity index (χ0n) is 18.6. The van der Waals surface area contributed by atoms with Gasteiger partial charge in [0.15, 0.2) is 0 Å². The molecule has 1 unspecified atom stereocenters. The van der Waals surface area contributed by atoms with Gasteiger partial charge >= 0.3 is 6.03 Å². The highest BCUT2D eigenvalue weighted by Gasteiger charge is 2.36. The number of nitrogens with one attached hydrogen (secondary N) is 1. The van der Waals surface area contributed by atoms with Gasteiger partial charge < -0.3 is 24.3 Å². The molecule has 1 N–H and O–H groups in total. The van der Waals surface area contributed by atoms with Crippen LogP contribution in [0.4, 0.5) is 4.79 Å². The van der Waals surface area contributed by atoms with E-state index >= 15 is 0 Å². The number of hydrogen-bond acceptors (Lipinski definition) is 5. The van der Waals surface area contributed by atoms with Gasteiger partial charge in [0.1, 0.15) is 18.0 Å². The monoisotopic (exact) mass is 427 g/mol. The molecule has 31 heavy (non-hydrogen) atoms. The van der Waals surface area contributed by atoms with Gasteiger partial charge in [-0.15, -0.1) is 0 Å². The van der Waals surface area contributed by atoms with Crippen LogP contribution in [-0.2, 0) is 11.8 Å². The Morgan fingerprint density at radius 1 is 1.26 bits per heavy atom. The van der Waals surface area contributed by atoms with Crippen molar-refractivity contribution in [2.75, 3.05) is 34.4 Å². The lowest BCUT2D eigenvalue weighted by Crippen LogP contribution is -2.43. The normalized spacial score (nSPS) is 15.5. The number of nitrogens with zero attached hydrogens (tertiary/aromatic N) is 4. The first-order valence-electron chi connectivity index (χ1n) is 10.1. The van der Waals surface area contributed by atoms with Crippen LogP contribution < -0.4 is 14.8 Å². The molecule has 2 heterocycles. The predicted octanol–water partition coefficient (Wildman–Crippen LogP) is 2.38. The van der Waals surface area contributed by atoms with Crippen molar-refractivity contribution in [2.24, 2.45) is 12.1 Å². The first kappa shape index (κ1) is 22.2. The molecule has 9 nitrogen and oxygen atoms in total. The Hall–Kier alpha value is -3.49. The van der Waals surface area contributed by atoms with Gasteiger partial charge in [-0.1, -0.05) is 0 Å². The molecule has 9 heteroatoms. The lowest BCUT2D eigenvalue weighted by Gasteiger charge is -2.26. The standard InChI is InChI=1S/C22H29N5O4/c1-6-23-22(29)26(3)14-21(28)27-19(13-17(24-27)18-8-7-11-25(18)2)16-12-15(30-4)9-10-20(16)31-5/h7-12,19H,6,13-14H2,1-5H3,(H,23,29). The largest absolute Gasteiger partial charge is 0.497 e. The molecule has 0 radical (unpaired) electrons. The SMILES string of the molecule is CCNC(=O)N(C)CC(=O)N1N=C(c2cccn2C)CC1c1cc(OC)ccc1OC. The summed E-state index contributed by atoms with van der Waals surface area (Å²) in [5.41, 5.74) is 2.51. The molecule has 0 aliphatic carbocycles. The van der Waals surface area contributed by atoms with Crippen molar-refractivity contribution in [2.45, 2.75) is 19.4 Å².